The van der Waals surface area contributed by atoms with Crippen LogP contribution in [-0.2, 0) is 0 Å². The lowest BCUT2D eigenvalue weighted by Gasteiger charge is -2.23. The van der Waals surface area contributed by atoms with Gasteiger partial charge in [-0.3, -0.25) is 14.5 Å². The Bertz CT molecular complexity index is 1020. The number of halogens is 2. The van der Waals surface area contributed by atoms with Gasteiger partial charge in [-0.15, -0.1) is 0 Å². The van der Waals surface area contributed by atoms with Gasteiger partial charge in [0.15, 0.2) is 0 Å². The number of carbonyl (C=O) groups excluding carboxylic acids is 2. The summed E-state index contributed by atoms with van der Waals surface area (Å²) >= 11 is 6.23. The highest BCUT2D eigenvalue weighted by atomic mass is 35.5. The first-order valence-corrected chi connectivity index (χ1v) is 8.08. The molecule has 25 heavy (non-hydrogen) atoms. The molecule has 1 unspecified atom stereocenters. The Kier molecular flexibility index (Phi) is 3.54. The fourth-order valence-electron chi connectivity index (χ4n) is 3.15. The van der Waals surface area contributed by atoms with Crippen LogP contribution in [-0.4, -0.2) is 21.7 Å². The summed E-state index contributed by atoms with van der Waals surface area (Å²) in [6, 6.07) is 12.3. The van der Waals surface area contributed by atoms with Crippen molar-refractivity contribution in [3.63, 3.8) is 0 Å². The van der Waals surface area contributed by atoms with Crippen molar-refractivity contribution in [1.29, 1.82) is 0 Å². The maximum Gasteiger partial charge on any atom is 0.262 e. The molecule has 4 rings (SSSR count). The number of fused-ring (bicyclic) bond motifs is 2. The van der Waals surface area contributed by atoms with Crippen LogP contribution in [0.2, 0.25) is 5.15 Å². The highest BCUT2D eigenvalue weighted by Crippen LogP contribution is 2.35. The maximum atomic E-state index is 13.9. The fraction of sp³-hybridized carbons (Fsp3) is 0.105. The van der Waals surface area contributed by atoms with E-state index in [9.17, 15) is 14.0 Å². The molecule has 0 saturated heterocycles. The normalized spacial score (nSPS) is 14.9. The number of imide groups is 1. The maximum absolute atomic E-state index is 13.9. The smallest absolute Gasteiger partial charge is 0.262 e. The Morgan fingerprint density at radius 1 is 1.04 bits per heavy atom. The third-order valence-corrected chi connectivity index (χ3v) is 4.74. The van der Waals surface area contributed by atoms with Gasteiger partial charge in [0, 0.05) is 10.9 Å². The van der Waals surface area contributed by atoms with E-state index in [2.05, 4.69) is 4.98 Å². The lowest BCUT2D eigenvalue weighted by Crippen LogP contribution is -2.32. The van der Waals surface area contributed by atoms with E-state index in [0.717, 1.165) is 0 Å². The van der Waals surface area contributed by atoms with E-state index < -0.39 is 11.9 Å². The third kappa shape index (κ3) is 2.31. The van der Waals surface area contributed by atoms with E-state index in [1.807, 2.05) is 0 Å². The number of benzene rings is 2. The number of hydrogen-bond acceptors (Lipinski definition) is 3. The Morgan fingerprint density at radius 3 is 2.32 bits per heavy atom. The average molecular weight is 355 g/mol. The Morgan fingerprint density at radius 2 is 1.68 bits per heavy atom. The summed E-state index contributed by atoms with van der Waals surface area (Å²) in [4.78, 5) is 30.5. The first-order valence-electron chi connectivity index (χ1n) is 7.70. The number of aromatic nitrogens is 1. The molecule has 2 aromatic carbocycles. The predicted molar refractivity (Wildman–Crippen MR) is 92.1 cm³/mol. The van der Waals surface area contributed by atoms with Gasteiger partial charge in [-0.25, -0.2) is 9.37 Å². The van der Waals surface area contributed by atoms with Crippen molar-refractivity contribution < 1.29 is 14.0 Å². The standard InChI is InChI=1S/C19H12ClFN2O2/c1-10(23-18(24)12-6-2-3-7-13(12)19(23)25)14-9-11-5-4-8-15(21)16(11)22-17(14)20/h2-10H,1H3. The van der Waals surface area contributed by atoms with E-state index >= 15 is 0 Å². The zero-order valence-corrected chi connectivity index (χ0v) is 13.9. The predicted octanol–water partition coefficient (Wildman–Crippen LogP) is 4.38. The highest BCUT2D eigenvalue weighted by Gasteiger charge is 2.39. The summed E-state index contributed by atoms with van der Waals surface area (Å²) in [6.45, 7) is 1.70. The molecule has 2 amide bonds. The van der Waals surface area contributed by atoms with Gasteiger partial charge < -0.3 is 0 Å². The molecule has 3 aromatic rings. The van der Waals surface area contributed by atoms with Crippen LogP contribution in [0.3, 0.4) is 0 Å². The largest absolute Gasteiger partial charge is 0.269 e. The van der Waals surface area contributed by atoms with E-state index in [-0.39, 0.29) is 22.5 Å². The molecular formula is C19H12ClFN2O2. The van der Waals surface area contributed by atoms with Gasteiger partial charge in [0.25, 0.3) is 11.8 Å². The van der Waals surface area contributed by atoms with Gasteiger partial charge in [-0.05, 0) is 31.2 Å². The second-order valence-corrected chi connectivity index (χ2v) is 6.24. The molecule has 0 bridgehead atoms. The number of hydrogen-bond donors (Lipinski definition) is 0. The van der Waals surface area contributed by atoms with Crippen molar-refractivity contribution in [3.05, 3.63) is 76.2 Å². The van der Waals surface area contributed by atoms with E-state index in [1.54, 1.807) is 49.4 Å². The van der Waals surface area contributed by atoms with Crippen LogP contribution >= 0.6 is 11.6 Å². The minimum absolute atomic E-state index is 0.0710. The molecule has 0 spiro atoms. The second kappa shape index (κ2) is 5.63. The monoisotopic (exact) mass is 354 g/mol. The molecule has 4 nitrogen and oxygen atoms in total. The molecule has 1 atom stereocenters. The van der Waals surface area contributed by atoms with Crippen LogP contribution in [0, 0.1) is 5.82 Å². The molecule has 1 aliphatic heterocycles. The summed E-state index contributed by atoms with van der Waals surface area (Å²) in [5.74, 6) is -1.22. The van der Waals surface area contributed by atoms with Gasteiger partial charge in [-0.1, -0.05) is 35.9 Å². The number of amides is 2. The van der Waals surface area contributed by atoms with Crippen LogP contribution in [0.25, 0.3) is 10.9 Å². The second-order valence-electron chi connectivity index (χ2n) is 5.88. The zero-order valence-electron chi connectivity index (χ0n) is 13.2. The van der Waals surface area contributed by atoms with E-state index in [4.69, 9.17) is 11.6 Å². The molecule has 0 radical (unpaired) electrons. The summed E-state index contributed by atoms with van der Waals surface area (Å²) in [6.07, 6.45) is 0. The fourth-order valence-corrected chi connectivity index (χ4v) is 3.44. The van der Waals surface area contributed by atoms with Crippen molar-refractivity contribution in [2.45, 2.75) is 13.0 Å². The van der Waals surface area contributed by atoms with Crippen LogP contribution in [0.15, 0.2) is 48.5 Å². The number of rotatable bonds is 2. The lowest BCUT2D eigenvalue weighted by molar-refractivity contribution is 0.0595. The molecule has 0 fully saturated rings. The Hall–Kier alpha value is -2.79. The van der Waals surface area contributed by atoms with Crippen molar-refractivity contribution in [1.82, 2.24) is 9.88 Å². The minimum atomic E-state index is -0.625. The molecule has 6 heteroatoms. The minimum Gasteiger partial charge on any atom is -0.269 e. The third-order valence-electron chi connectivity index (χ3n) is 4.44. The Labute approximate surface area is 147 Å². The summed E-state index contributed by atoms with van der Waals surface area (Å²) in [5, 5.41) is 0.629. The first kappa shape index (κ1) is 15.7. The van der Waals surface area contributed by atoms with Crippen LogP contribution in [0.5, 0.6) is 0 Å². The van der Waals surface area contributed by atoms with E-state index in [1.165, 1.54) is 11.0 Å². The van der Waals surface area contributed by atoms with Crippen molar-refractivity contribution in [3.8, 4) is 0 Å². The van der Waals surface area contributed by atoms with Gasteiger partial charge >= 0.3 is 0 Å². The average Bonchev–Trinajstić information content (AvgIpc) is 2.86. The molecule has 124 valence electrons. The first-order chi connectivity index (χ1) is 12.0. The van der Waals surface area contributed by atoms with Gasteiger partial charge in [0.05, 0.1) is 17.2 Å². The molecule has 0 aliphatic carbocycles. The van der Waals surface area contributed by atoms with Crippen molar-refractivity contribution >= 4 is 34.3 Å². The summed E-state index contributed by atoms with van der Waals surface area (Å²) < 4.78 is 13.9. The van der Waals surface area contributed by atoms with Gasteiger partial charge in [-0.2, -0.15) is 0 Å². The summed E-state index contributed by atoms with van der Waals surface area (Å²) in [7, 11) is 0. The molecule has 1 aliphatic rings. The van der Waals surface area contributed by atoms with Crippen LogP contribution < -0.4 is 0 Å². The molecular weight excluding hydrogens is 343 g/mol. The topological polar surface area (TPSA) is 50.3 Å². The highest BCUT2D eigenvalue weighted by molar-refractivity contribution is 6.31. The molecule has 1 aromatic heterocycles. The van der Waals surface area contributed by atoms with Crippen LogP contribution in [0.1, 0.15) is 39.2 Å². The molecule has 0 N–H and O–H groups in total. The van der Waals surface area contributed by atoms with Gasteiger partial charge in [0.1, 0.15) is 16.5 Å². The number of para-hydroxylation sites is 1. The SMILES string of the molecule is CC(c1cc2cccc(F)c2nc1Cl)N1C(=O)c2ccccc2C1=O. The van der Waals surface area contributed by atoms with Crippen molar-refractivity contribution in [2.24, 2.45) is 0 Å². The number of nitrogens with zero attached hydrogens (tertiary/aromatic N) is 2. The zero-order chi connectivity index (χ0) is 17.7. The van der Waals surface area contributed by atoms with Gasteiger partial charge in [0.2, 0.25) is 0 Å². The molecule has 0 saturated carbocycles. The number of carbonyl (C=O) groups is 2. The summed E-state index contributed by atoms with van der Waals surface area (Å²) in [5.41, 5.74) is 1.39. The Balaban J connectivity index is 1.81. The number of pyridine rings is 1. The van der Waals surface area contributed by atoms with Crippen LogP contribution in [0.4, 0.5) is 4.39 Å². The molecule has 2 heterocycles. The lowest BCUT2D eigenvalue weighted by atomic mass is 10.1. The van der Waals surface area contributed by atoms with E-state index in [0.29, 0.717) is 22.1 Å². The van der Waals surface area contributed by atoms with Crippen molar-refractivity contribution in [2.75, 3.05) is 0 Å². The quantitative estimate of drug-likeness (QED) is 0.506.